The van der Waals surface area contributed by atoms with Gasteiger partial charge in [-0.05, 0) is 49.4 Å². The van der Waals surface area contributed by atoms with E-state index in [0.717, 1.165) is 27.5 Å². The molecule has 1 aliphatic rings. The molecule has 0 atom stereocenters. The Kier molecular flexibility index (Phi) is 6.60. The first-order chi connectivity index (χ1) is 20.5. The summed E-state index contributed by atoms with van der Waals surface area (Å²) in [6, 6.07) is 22.2. The molecule has 1 aliphatic heterocycles. The summed E-state index contributed by atoms with van der Waals surface area (Å²) in [4.78, 5) is 33.5. The molecule has 7 rings (SSSR count). The molecular weight excluding hydrogens is 554 g/mol. The summed E-state index contributed by atoms with van der Waals surface area (Å²) in [6.07, 6.45) is 1.66. The minimum atomic E-state index is -0.325. The van der Waals surface area contributed by atoms with Crippen molar-refractivity contribution < 1.29 is 13.9 Å². The largest absolute Gasteiger partial charge is 0.453 e. The van der Waals surface area contributed by atoms with Crippen LogP contribution in [0.2, 0.25) is 5.02 Å². The van der Waals surface area contributed by atoms with E-state index < -0.39 is 0 Å². The van der Waals surface area contributed by atoms with E-state index in [-0.39, 0.29) is 23.8 Å². The van der Waals surface area contributed by atoms with Gasteiger partial charge in [-0.3, -0.25) is 9.59 Å². The van der Waals surface area contributed by atoms with Gasteiger partial charge in [0.15, 0.2) is 5.76 Å². The molecule has 3 aromatic carbocycles. The number of carbonyl (C=O) groups is 1. The second-order valence-electron chi connectivity index (χ2n) is 10.2. The maximum atomic E-state index is 13.8. The van der Waals surface area contributed by atoms with Crippen LogP contribution in [0.1, 0.15) is 11.3 Å². The van der Waals surface area contributed by atoms with Gasteiger partial charge in [-0.15, -0.1) is 0 Å². The molecule has 0 spiro atoms. The summed E-state index contributed by atoms with van der Waals surface area (Å²) in [5, 5.41) is 7.42. The van der Waals surface area contributed by atoms with Gasteiger partial charge in [0.05, 0.1) is 30.3 Å². The molecule has 1 fully saturated rings. The molecule has 0 unspecified atom stereocenters. The van der Waals surface area contributed by atoms with Crippen molar-refractivity contribution >= 4 is 56.5 Å². The van der Waals surface area contributed by atoms with Gasteiger partial charge in [-0.2, -0.15) is 9.78 Å². The monoisotopic (exact) mass is 579 g/mol. The third-order valence-electron chi connectivity index (χ3n) is 7.69. The number of ether oxygens (including phenoxy) is 1. The van der Waals surface area contributed by atoms with Crippen LogP contribution in [-0.4, -0.2) is 57.6 Å². The van der Waals surface area contributed by atoms with Gasteiger partial charge in [0.1, 0.15) is 12.1 Å². The van der Waals surface area contributed by atoms with Gasteiger partial charge in [-0.25, -0.2) is 4.98 Å². The lowest BCUT2D eigenvalue weighted by Crippen LogP contribution is -2.42. The van der Waals surface area contributed by atoms with Crippen LogP contribution in [0.3, 0.4) is 0 Å². The third kappa shape index (κ3) is 4.56. The number of fused-ring (bicyclic) bond motifs is 3. The van der Waals surface area contributed by atoms with Crippen molar-refractivity contribution in [1.82, 2.24) is 19.1 Å². The molecule has 0 aliphatic carbocycles. The average molecular weight is 580 g/mol. The minimum absolute atomic E-state index is 0.0351. The standard InChI is InChI=1S/C32H26ClN5O4/c1-20-25(23-6-3-5-9-27(23)37(20)19-30(39)36-12-14-41-15-13-36)18-34-38-31(35-26-8-4-2-7-24(26)32(38)40)29-17-21-16-22(33)10-11-28(21)42-29/h2-11,16-18H,12-15,19H2,1H3. The number of hydrogen-bond acceptors (Lipinski definition) is 6. The number of benzene rings is 3. The minimum Gasteiger partial charge on any atom is -0.453 e. The van der Waals surface area contributed by atoms with Crippen molar-refractivity contribution in [3.05, 3.63) is 99.4 Å². The highest BCUT2D eigenvalue weighted by Gasteiger charge is 2.21. The van der Waals surface area contributed by atoms with Crippen molar-refractivity contribution in [2.45, 2.75) is 13.5 Å². The van der Waals surface area contributed by atoms with Crippen molar-refractivity contribution in [3.63, 3.8) is 0 Å². The maximum Gasteiger partial charge on any atom is 0.282 e. The lowest BCUT2D eigenvalue weighted by atomic mass is 10.1. The Labute approximate surface area is 245 Å². The van der Waals surface area contributed by atoms with Crippen LogP contribution < -0.4 is 5.56 Å². The first-order valence-electron chi connectivity index (χ1n) is 13.7. The summed E-state index contributed by atoms with van der Waals surface area (Å²) in [7, 11) is 0. The van der Waals surface area contributed by atoms with Gasteiger partial charge < -0.3 is 18.6 Å². The molecule has 1 saturated heterocycles. The number of furan rings is 1. The molecule has 9 nitrogen and oxygen atoms in total. The van der Waals surface area contributed by atoms with Gasteiger partial charge in [-0.1, -0.05) is 41.9 Å². The highest BCUT2D eigenvalue weighted by atomic mass is 35.5. The Balaban J connectivity index is 1.35. The number of hydrogen-bond donors (Lipinski definition) is 0. The molecule has 1 amide bonds. The SMILES string of the molecule is Cc1c(C=Nn2c(-c3cc4cc(Cl)ccc4o3)nc3ccccc3c2=O)c2ccccc2n1CC(=O)N1CCOCC1. The Morgan fingerprint density at radius 2 is 1.79 bits per heavy atom. The molecule has 10 heteroatoms. The zero-order chi connectivity index (χ0) is 28.8. The molecule has 6 aromatic rings. The normalized spacial score (nSPS) is 14.1. The van der Waals surface area contributed by atoms with E-state index in [0.29, 0.717) is 53.6 Å². The zero-order valence-corrected chi connectivity index (χ0v) is 23.5. The van der Waals surface area contributed by atoms with Crippen LogP contribution in [0.15, 0.2) is 87.1 Å². The highest BCUT2D eigenvalue weighted by molar-refractivity contribution is 6.31. The number of halogens is 1. The quantitative estimate of drug-likeness (QED) is 0.253. The number of carbonyl (C=O) groups excluding carboxylic acids is 1. The molecule has 4 heterocycles. The van der Waals surface area contributed by atoms with E-state index >= 15 is 0 Å². The smallest absolute Gasteiger partial charge is 0.282 e. The van der Waals surface area contributed by atoms with Crippen molar-refractivity contribution in [3.8, 4) is 11.6 Å². The third-order valence-corrected chi connectivity index (χ3v) is 7.93. The topological polar surface area (TPSA) is 94.9 Å². The summed E-state index contributed by atoms with van der Waals surface area (Å²) in [5.41, 5.74) is 3.42. The van der Waals surface area contributed by atoms with E-state index in [9.17, 15) is 9.59 Å². The summed E-state index contributed by atoms with van der Waals surface area (Å²) < 4.78 is 14.8. The molecule has 0 bridgehead atoms. The lowest BCUT2D eigenvalue weighted by Gasteiger charge is -2.27. The fourth-order valence-corrected chi connectivity index (χ4v) is 5.68. The van der Waals surface area contributed by atoms with E-state index in [1.165, 1.54) is 4.68 Å². The molecule has 3 aromatic heterocycles. The second-order valence-corrected chi connectivity index (χ2v) is 10.6. The van der Waals surface area contributed by atoms with Crippen LogP contribution >= 0.6 is 11.6 Å². The summed E-state index contributed by atoms with van der Waals surface area (Å²) in [5.74, 6) is 0.696. The first kappa shape index (κ1) is 26.2. The summed E-state index contributed by atoms with van der Waals surface area (Å²) in [6.45, 7) is 4.41. The number of aromatic nitrogens is 3. The fourth-order valence-electron chi connectivity index (χ4n) is 5.50. The Hall–Kier alpha value is -4.73. The van der Waals surface area contributed by atoms with Crippen LogP contribution in [0.4, 0.5) is 0 Å². The van der Waals surface area contributed by atoms with Crippen LogP contribution in [0.5, 0.6) is 0 Å². The molecular formula is C32H26ClN5O4. The number of amides is 1. The van der Waals surface area contributed by atoms with Crippen LogP contribution in [-0.2, 0) is 16.1 Å². The second kappa shape index (κ2) is 10.6. The Morgan fingerprint density at radius 1 is 1.02 bits per heavy atom. The summed E-state index contributed by atoms with van der Waals surface area (Å²) >= 11 is 6.20. The first-order valence-corrected chi connectivity index (χ1v) is 14.0. The average Bonchev–Trinajstić information content (AvgIpc) is 3.55. The highest BCUT2D eigenvalue weighted by Crippen LogP contribution is 2.30. The van der Waals surface area contributed by atoms with Crippen LogP contribution in [0.25, 0.3) is 44.4 Å². The number of para-hydroxylation sites is 2. The Morgan fingerprint density at radius 3 is 2.62 bits per heavy atom. The molecule has 0 saturated carbocycles. The van der Waals surface area contributed by atoms with E-state index in [1.807, 2.05) is 46.7 Å². The molecule has 0 radical (unpaired) electrons. The Bertz CT molecular complexity index is 2080. The van der Waals surface area contributed by atoms with Crippen molar-refractivity contribution in [2.24, 2.45) is 5.10 Å². The van der Waals surface area contributed by atoms with Gasteiger partial charge in [0, 0.05) is 45.7 Å². The maximum absolute atomic E-state index is 13.8. The predicted molar refractivity (Wildman–Crippen MR) is 163 cm³/mol. The van der Waals surface area contributed by atoms with Crippen molar-refractivity contribution in [1.29, 1.82) is 0 Å². The number of rotatable bonds is 5. The molecule has 210 valence electrons. The predicted octanol–water partition coefficient (Wildman–Crippen LogP) is 5.47. The fraction of sp³-hybridized carbons (Fsp3) is 0.188. The van der Waals surface area contributed by atoms with E-state index in [1.54, 1.807) is 48.7 Å². The lowest BCUT2D eigenvalue weighted by molar-refractivity contribution is -0.135. The van der Waals surface area contributed by atoms with Crippen molar-refractivity contribution in [2.75, 3.05) is 26.3 Å². The van der Waals surface area contributed by atoms with Gasteiger partial charge in [0.2, 0.25) is 11.7 Å². The van der Waals surface area contributed by atoms with Gasteiger partial charge in [0.25, 0.3) is 5.56 Å². The molecule has 42 heavy (non-hydrogen) atoms. The van der Waals surface area contributed by atoms with Gasteiger partial charge >= 0.3 is 0 Å². The number of nitrogens with zero attached hydrogens (tertiary/aromatic N) is 5. The van der Waals surface area contributed by atoms with E-state index in [4.69, 9.17) is 25.7 Å². The zero-order valence-electron chi connectivity index (χ0n) is 22.8. The molecule has 0 N–H and O–H groups in total. The number of morpholine rings is 1. The van der Waals surface area contributed by atoms with Crippen LogP contribution in [0, 0.1) is 6.92 Å². The van der Waals surface area contributed by atoms with E-state index in [2.05, 4.69) is 5.10 Å².